The lowest BCUT2D eigenvalue weighted by Crippen LogP contribution is -2.53. The maximum Gasteiger partial charge on any atom is 0.325 e. The van der Waals surface area contributed by atoms with Gasteiger partial charge in [-0.2, -0.15) is 0 Å². The number of hydrogen-bond donors (Lipinski definition) is 1. The molecule has 0 bridgehead atoms. The molecule has 4 nitrogen and oxygen atoms in total. The minimum atomic E-state index is -0.681. The molecule has 0 aromatic heterocycles. The Morgan fingerprint density at radius 2 is 1.92 bits per heavy atom. The summed E-state index contributed by atoms with van der Waals surface area (Å²) in [4.78, 5) is 27.0. The first-order valence-electron chi connectivity index (χ1n) is 8.72. The van der Waals surface area contributed by atoms with Crippen LogP contribution in [0.4, 0.5) is 4.79 Å². The fraction of sp³-hybridized carbons (Fsp3) is 0.400. The first-order chi connectivity index (χ1) is 11.6. The molecule has 1 saturated heterocycles. The van der Waals surface area contributed by atoms with Crippen molar-refractivity contribution in [2.45, 2.75) is 44.7 Å². The number of nitrogens with zero attached hydrogens (tertiary/aromatic N) is 1. The fourth-order valence-electron chi connectivity index (χ4n) is 4.24. The third-order valence-electron chi connectivity index (χ3n) is 5.71. The largest absolute Gasteiger partial charge is 0.325 e. The van der Waals surface area contributed by atoms with Gasteiger partial charge in [0, 0.05) is 0 Å². The smallest absolute Gasteiger partial charge is 0.323 e. The molecule has 0 radical (unpaired) electrons. The van der Waals surface area contributed by atoms with Crippen molar-refractivity contribution >= 4 is 22.7 Å². The van der Waals surface area contributed by atoms with Crippen molar-refractivity contribution in [1.82, 2.24) is 10.2 Å². The third kappa shape index (κ3) is 2.20. The van der Waals surface area contributed by atoms with E-state index in [1.165, 1.54) is 4.90 Å². The van der Waals surface area contributed by atoms with E-state index in [9.17, 15) is 9.59 Å². The van der Waals surface area contributed by atoms with Crippen LogP contribution in [0.1, 0.15) is 38.2 Å². The topological polar surface area (TPSA) is 49.4 Å². The highest BCUT2D eigenvalue weighted by Gasteiger charge is 2.54. The Bertz CT molecular complexity index is 811. The fourth-order valence-corrected chi connectivity index (χ4v) is 4.24. The number of urea groups is 1. The van der Waals surface area contributed by atoms with Crippen molar-refractivity contribution in [2.24, 2.45) is 5.92 Å². The summed E-state index contributed by atoms with van der Waals surface area (Å²) >= 11 is 0. The molecule has 1 aliphatic heterocycles. The van der Waals surface area contributed by atoms with Gasteiger partial charge in [0.25, 0.3) is 5.91 Å². The van der Waals surface area contributed by atoms with E-state index in [2.05, 4.69) is 24.4 Å². The van der Waals surface area contributed by atoms with Gasteiger partial charge in [0.15, 0.2) is 0 Å². The molecule has 2 fully saturated rings. The molecule has 2 atom stereocenters. The van der Waals surface area contributed by atoms with Crippen LogP contribution in [0.2, 0.25) is 0 Å². The van der Waals surface area contributed by atoms with Gasteiger partial charge >= 0.3 is 6.03 Å². The number of carbonyl (C=O) groups excluding carboxylic acids is 2. The van der Waals surface area contributed by atoms with Gasteiger partial charge in [-0.1, -0.05) is 62.2 Å². The van der Waals surface area contributed by atoms with Crippen molar-refractivity contribution in [3.05, 3.63) is 48.0 Å². The van der Waals surface area contributed by atoms with Crippen molar-refractivity contribution in [3.8, 4) is 0 Å². The minimum absolute atomic E-state index is 0.0485. The summed E-state index contributed by atoms with van der Waals surface area (Å²) in [5.74, 6) is 0.146. The second-order valence-electron chi connectivity index (χ2n) is 7.08. The molecule has 2 aromatic rings. The number of rotatable bonds is 2. The first-order valence-corrected chi connectivity index (χ1v) is 8.72. The zero-order valence-corrected chi connectivity index (χ0v) is 13.9. The van der Waals surface area contributed by atoms with E-state index in [1.54, 1.807) is 0 Å². The van der Waals surface area contributed by atoms with Gasteiger partial charge in [0.05, 0.1) is 6.54 Å². The number of carbonyl (C=O) groups is 2. The Morgan fingerprint density at radius 1 is 1.12 bits per heavy atom. The summed E-state index contributed by atoms with van der Waals surface area (Å²) in [6.07, 6.45) is 3.88. The number of benzene rings is 2. The van der Waals surface area contributed by atoms with Gasteiger partial charge in [-0.3, -0.25) is 9.69 Å². The molecule has 1 N–H and O–H groups in total. The minimum Gasteiger partial charge on any atom is -0.323 e. The summed E-state index contributed by atoms with van der Waals surface area (Å²) in [7, 11) is 0. The Labute approximate surface area is 141 Å². The molecule has 124 valence electrons. The summed E-state index contributed by atoms with van der Waals surface area (Å²) in [5.41, 5.74) is 0.331. The molecule has 2 aliphatic rings. The van der Waals surface area contributed by atoms with E-state index in [4.69, 9.17) is 0 Å². The monoisotopic (exact) mass is 322 g/mol. The van der Waals surface area contributed by atoms with Gasteiger partial charge in [-0.25, -0.2) is 4.79 Å². The van der Waals surface area contributed by atoms with E-state index in [0.29, 0.717) is 6.54 Å². The van der Waals surface area contributed by atoms with Crippen molar-refractivity contribution < 1.29 is 9.59 Å². The number of nitrogens with one attached hydrogen (secondary N) is 1. The summed E-state index contributed by atoms with van der Waals surface area (Å²) in [5, 5.41) is 5.25. The van der Waals surface area contributed by atoms with Gasteiger partial charge in [0.1, 0.15) is 5.54 Å². The SMILES string of the molecule is C[C@@H]1CCCC[C@]12NC(=O)N(Cc1cccc3ccccc13)C2=O. The van der Waals surface area contributed by atoms with Crippen LogP contribution >= 0.6 is 0 Å². The second kappa shape index (κ2) is 5.62. The molecule has 1 aliphatic carbocycles. The molecule has 4 heteroatoms. The average molecular weight is 322 g/mol. The zero-order chi connectivity index (χ0) is 16.7. The van der Waals surface area contributed by atoms with Gasteiger partial charge in [0.2, 0.25) is 0 Å². The molecule has 2 aromatic carbocycles. The van der Waals surface area contributed by atoms with E-state index < -0.39 is 5.54 Å². The molecule has 1 saturated carbocycles. The average Bonchev–Trinajstić information content (AvgIpc) is 2.83. The molecule has 0 unspecified atom stereocenters. The van der Waals surface area contributed by atoms with Gasteiger partial charge < -0.3 is 5.32 Å². The predicted molar refractivity (Wildman–Crippen MR) is 93.4 cm³/mol. The van der Waals surface area contributed by atoms with E-state index in [-0.39, 0.29) is 17.9 Å². The lowest BCUT2D eigenvalue weighted by molar-refractivity contribution is -0.134. The Morgan fingerprint density at radius 3 is 2.75 bits per heavy atom. The Balaban J connectivity index is 1.67. The third-order valence-corrected chi connectivity index (χ3v) is 5.71. The number of hydrogen-bond acceptors (Lipinski definition) is 2. The molecule has 1 spiro atoms. The van der Waals surface area contributed by atoms with Crippen molar-refractivity contribution in [3.63, 3.8) is 0 Å². The zero-order valence-electron chi connectivity index (χ0n) is 13.9. The number of amides is 3. The van der Waals surface area contributed by atoms with Crippen LogP contribution in [0.25, 0.3) is 10.8 Å². The Kier molecular flexibility index (Phi) is 3.56. The van der Waals surface area contributed by atoms with Crippen molar-refractivity contribution in [2.75, 3.05) is 0 Å². The molecular formula is C20H22N2O2. The highest BCUT2D eigenvalue weighted by Crippen LogP contribution is 2.38. The highest BCUT2D eigenvalue weighted by atomic mass is 16.2. The van der Waals surface area contributed by atoms with Crippen LogP contribution in [0.5, 0.6) is 0 Å². The van der Waals surface area contributed by atoms with Crippen LogP contribution in [0.3, 0.4) is 0 Å². The normalized spacial score (nSPS) is 27.0. The number of imide groups is 1. The quantitative estimate of drug-likeness (QED) is 0.854. The summed E-state index contributed by atoms with van der Waals surface area (Å²) < 4.78 is 0. The van der Waals surface area contributed by atoms with Crippen LogP contribution < -0.4 is 5.32 Å². The van der Waals surface area contributed by atoms with Crippen LogP contribution in [0, 0.1) is 5.92 Å². The lowest BCUT2D eigenvalue weighted by Gasteiger charge is -2.36. The molecule has 4 rings (SSSR count). The highest BCUT2D eigenvalue weighted by molar-refractivity contribution is 6.07. The van der Waals surface area contributed by atoms with Crippen LogP contribution in [-0.2, 0) is 11.3 Å². The molecule has 3 amide bonds. The lowest BCUT2D eigenvalue weighted by atomic mass is 9.73. The van der Waals surface area contributed by atoms with Crippen LogP contribution in [-0.4, -0.2) is 22.4 Å². The second-order valence-corrected chi connectivity index (χ2v) is 7.08. The molecule has 24 heavy (non-hydrogen) atoms. The molecular weight excluding hydrogens is 300 g/mol. The Hall–Kier alpha value is -2.36. The van der Waals surface area contributed by atoms with Crippen LogP contribution in [0.15, 0.2) is 42.5 Å². The van der Waals surface area contributed by atoms with Crippen molar-refractivity contribution in [1.29, 1.82) is 0 Å². The van der Waals surface area contributed by atoms with E-state index >= 15 is 0 Å². The number of fused-ring (bicyclic) bond motifs is 1. The maximum atomic E-state index is 13.1. The van der Waals surface area contributed by atoms with E-state index in [1.807, 2.05) is 30.3 Å². The van der Waals surface area contributed by atoms with Gasteiger partial charge in [-0.15, -0.1) is 0 Å². The van der Waals surface area contributed by atoms with E-state index in [0.717, 1.165) is 42.0 Å². The first kappa shape index (κ1) is 15.2. The predicted octanol–water partition coefficient (Wildman–Crippen LogP) is 3.84. The summed E-state index contributed by atoms with van der Waals surface area (Å²) in [6, 6.07) is 13.9. The standard InChI is InChI=1S/C20H22N2O2/c1-14-7-4-5-12-20(14)18(23)22(19(24)21-20)13-16-10-6-9-15-8-2-3-11-17(15)16/h2-3,6,8-11,14H,4-5,7,12-13H2,1H3,(H,21,24)/t14-,20+/m1/s1. The molecule has 1 heterocycles. The van der Waals surface area contributed by atoms with Gasteiger partial charge in [-0.05, 0) is 35.1 Å². The maximum absolute atomic E-state index is 13.1. The summed E-state index contributed by atoms with van der Waals surface area (Å²) in [6.45, 7) is 2.42.